The van der Waals surface area contributed by atoms with Crippen molar-refractivity contribution >= 4 is 27.6 Å². The summed E-state index contributed by atoms with van der Waals surface area (Å²) in [6.45, 7) is 0.197. The number of allylic oxidation sites excluding steroid dienone is 1. The molecule has 22 heavy (non-hydrogen) atoms. The minimum absolute atomic E-state index is 0.197. The maximum absolute atomic E-state index is 9.46. The third kappa shape index (κ3) is 2.78. The number of hydrogen-bond acceptors (Lipinski definition) is 4. The quantitative estimate of drug-likeness (QED) is 0.608. The SMILES string of the molecule is COc1cc2c(cc1/C=C(\C#N)c1cccc(Br)c1)OCO2. The van der Waals surface area contributed by atoms with Crippen LogP contribution in [0.1, 0.15) is 11.1 Å². The van der Waals surface area contributed by atoms with Crippen LogP contribution in [0, 0.1) is 11.3 Å². The molecule has 1 aliphatic heterocycles. The first-order chi connectivity index (χ1) is 10.7. The molecular weight excluding hydrogens is 346 g/mol. The van der Waals surface area contributed by atoms with Crippen molar-refractivity contribution in [2.45, 2.75) is 0 Å². The number of nitriles is 1. The normalized spacial score (nSPS) is 12.9. The molecule has 3 rings (SSSR count). The molecule has 0 fully saturated rings. The Morgan fingerprint density at radius 3 is 2.73 bits per heavy atom. The minimum Gasteiger partial charge on any atom is -0.496 e. The zero-order valence-corrected chi connectivity index (χ0v) is 13.4. The molecule has 0 saturated carbocycles. The van der Waals surface area contributed by atoms with Crippen LogP contribution in [0.4, 0.5) is 0 Å². The van der Waals surface area contributed by atoms with Gasteiger partial charge in [-0.1, -0.05) is 28.1 Å². The highest BCUT2D eigenvalue weighted by molar-refractivity contribution is 9.10. The van der Waals surface area contributed by atoms with Crippen molar-refractivity contribution in [2.75, 3.05) is 13.9 Å². The van der Waals surface area contributed by atoms with E-state index in [2.05, 4.69) is 22.0 Å². The first-order valence-electron chi connectivity index (χ1n) is 6.56. The van der Waals surface area contributed by atoms with E-state index < -0.39 is 0 Å². The third-order valence-electron chi connectivity index (χ3n) is 3.28. The Bertz CT molecular complexity index is 793. The summed E-state index contributed by atoms with van der Waals surface area (Å²) in [5.41, 5.74) is 2.14. The first kappa shape index (κ1) is 14.5. The molecule has 0 N–H and O–H groups in total. The predicted octanol–water partition coefficient (Wildman–Crippen LogP) is 4.25. The molecule has 1 heterocycles. The van der Waals surface area contributed by atoms with Crippen molar-refractivity contribution in [1.82, 2.24) is 0 Å². The van der Waals surface area contributed by atoms with Gasteiger partial charge in [-0.3, -0.25) is 0 Å². The van der Waals surface area contributed by atoms with Crippen LogP contribution in [-0.4, -0.2) is 13.9 Å². The molecule has 0 bridgehead atoms. The molecule has 0 saturated heterocycles. The van der Waals surface area contributed by atoms with Gasteiger partial charge in [0, 0.05) is 16.1 Å². The summed E-state index contributed by atoms with van der Waals surface area (Å²) in [5.74, 6) is 1.93. The summed E-state index contributed by atoms with van der Waals surface area (Å²) >= 11 is 3.42. The Hall–Kier alpha value is -2.45. The van der Waals surface area contributed by atoms with Crippen LogP contribution in [0.15, 0.2) is 40.9 Å². The van der Waals surface area contributed by atoms with E-state index in [0.29, 0.717) is 22.8 Å². The molecule has 2 aromatic carbocycles. The average molecular weight is 358 g/mol. The summed E-state index contributed by atoms with van der Waals surface area (Å²) in [6, 6.07) is 13.4. The van der Waals surface area contributed by atoms with Gasteiger partial charge < -0.3 is 14.2 Å². The molecule has 0 aromatic heterocycles. The van der Waals surface area contributed by atoms with E-state index in [1.807, 2.05) is 30.3 Å². The van der Waals surface area contributed by atoms with E-state index in [9.17, 15) is 5.26 Å². The van der Waals surface area contributed by atoms with Crippen molar-refractivity contribution in [2.24, 2.45) is 0 Å². The largest absolute Gasteiger partial charge is 0.496 e. The molecule has 0 aliphatic carbocycles. The average Bonchev–Trinajstić information content (AvgIpc) is 2.98. The fourth-order valence-corrected chi connectivity index (χ4v) is 2.62. The monoisotopic (exact) mass is 357 g/mol. The number of hydrogen-bond donors (Lipinski definition) is 0. The molecule has 0 amide bonds. The lowest BCUT2D eigenvalue weighted by Gasteiger charge is -2.08. The number of fused-ring (bicyclic) bond motifs is 1. The Kier molecular flexibility index (Phi) is 4.03. The number of nitrogens with zero attached hydrogens (tertiary/aromatic N) is 1. The lowest BCUT2D eigenvalue weighted by molar-refractivity contribution is 0.174. The van der Waals surface area contributed by atoms with Gasteiger partial charge in [0.25, 0.3) is 0 Å². The van der Waals surface area contributed by atoms with E-state index in [1.54, 1.807) is 19.3 Å². The molecule has 110 valence electrons. The van der Waals surface area contributed by atoms with Gasteiger partial charge in [0.05, 0.1) is 18.8 Å². The highest BCUT2D eigenvalue weighted by Gasteiger charge is 2.17. The van der Waals surface area contributed by atoms with Crippen LogP contribution in [0.3, 0.4) is 0 Å². The second-order valence-corrected chi connectivity index (χ2v) is 5.54. The lowest BCUT2D eigenvalue weighted by atomic mass is 10.0. The molecule has 4 nitrogen and oxygen atoms in total. The molecule has 5 heteroatoms. The van der Waals surface area contributed by atoms with Crippen LogP contribution >= 0.6 is 15.9 Å². The molecule has 0 radical (unpaired) electrons. The zero-order chi connectivity index (χ0) is 15.5. The summed E-state index contributed by atoms with van der Waals surface area (Å²) < 4.78 is 17.0. The predicted molar refractivity (Wildman–Crippen MR) is 86.7 cm³/mol. The van der Waals surface area contributed by atoms with Gasteiger partial charge in [-0.15, -0.1) is 0 Å². The fraction of sp³-hybridized carbons (Fsp3) is 0.118. The lowest BCUT2D eigenvalue weighted by Crippen LogP contribution is -1.92. The Balaban J connectivity index is 2.08. The van der Waals surface area contributed by atoms with Gasteiger partial charge in [-0.05, 0) is 29.8 Å². The van der Waals surface area contributed by atoms with Gasteiger partial charge in [0.1, 0.15) is 5.75 Å². The van der Waals surface area contributed by atoms with Gasteiger partial charge in [0.2, 0.25) is 6.79 Å². The molecule has 0 unspecified atom stereocenters. The number of benzene rings is 2. The number of methoxy groups -OCH3 is 1. The second kappa shape index (κ2) is 6.12. The smallest absolute Gasteiger partial charge is 0.231 e. The van der Waals surface area contributed by atoms with Crippen LogP contribution in [0.2, 0.25) is 0 Å². The highest BCUT2D eigenvalue weighted by atomic mass is 79.9. The van der Waals surface area contributed by atoms with E-state index in [-0.39, 0.29) is 6.79 Å². The van der Waals surface area contributed by atoms with Crippen LogP contribution in [0.25, 0.3) is 11.6 Å². The number of ether oxygens (including phenoxy) is 3. The first-order valence-corrected chi connectivity index (χ1v) is 7.36. The Morgan fingerprint density at radius 1 is 1.27 bits per heavy atom. The molecular formula is C17H12BrNO3. The third-order valence-corrected chi connectivity index (χ3v) is 3.77. The van der Waals surface area contributed by atoms with Gasteiger partial charge in [-0.25, -0.2) is 0 Å². The summed E-state index contributed by atoms with van der Waals surface area (Å²) in [4.78, 5) is 0. The highest BCUT2D eigenvalue weighted by Crippen LogP contribution is 2.39. The number of rotatable bonds is 3. The van der Waals surface area contributed by atoms with Crippen LogP contribution in [-0.2, 0) is 0 Å². The van der Waals surface area contributed by atoms with E-state index in [0.717, 1.165) is 15.6 Å². The topological polar surface area (TPSA) is 51.5 Å². The molecule has 2 aromatic rings. The maximum atomic E-state index is 9.46. The van der Waals surface area contributed by atoms with E-state index in [1.165, 1.54) is 0 Å². The number of halogens is 1. The standard InChI is InChI=1S/C17H12BrNO3/c1-20-15-8-17-16(21-10-22-17)7-12(15)5-13(9-19)11-3-2-4-14(18)6-11/h2-8H,10H2,1H3/b13-5+. The van der Waals surface area contributed by atoms with Crippen LogP contribution in [0.5, 0.6) is 17.2 Å². The Labute approximate surface area is 136 Å². The van der Waals surface area contributed by atoms with Crippen molar-refractivity contribution in [3.8, 4) is 23.3 Å². The van der Waals surface area contributed by atoms with Crippen molar-refractivity contribution < 1.29 is 14.2 Å². The van der Waals surface area contributed by atoms with Crippen molar-refractivity contribution in [3.63, 3.8) is 0 Å². The van der Waals surface area contributed by atoms with Gasteiger partial charge in [0.15, 0.2) is 11.5 Å². The molecule has 0 spiro atoms. The Morgan fingerprint density at radius 2 is 2.05 bits per heavy atom. The summed E-state index contributed by atoms with van der Waals surface area (Å²) in [6.07, 6.45) is 1.78. The van der Waals surface area contributed by atoms with Crippen LogP contribution < -0.4 is 14.2 Å². The van der Waals surface area contributed by atoms with Crippen molar-refractivity contribution in [3.05, 3.63) is 52.0 Å². The second-order valence-electron chi connectivity index (χ2n) is 4.63. The van der Waals surface area contributed by atoms with Crippen molar-refractivity contribution in [1.29, 1.82) is 5.26 Å². The molecule has 0 atom stereocenters. The van der Waals surface area contributed by atoms with Gasteiger partial charge >= 0.3 is 0 Å². The maximum Gasteiger partial charge on any atom is 0.231 e. The molecule has 1 aliphatic rings. The summed E-state index contributed by atoms with van der Waals surface area (Å²) in [7, 11) is 1.58. The summed E-state index contributed by atoms with van der Waals surface area (Å²) in [5, 5.41) is 9.46. The minimum atomic E-state index is 0.197. The van der Waals surface area contributed by atoms with Gasteiger partial charge in [-0.2, -0.15) is 5.26 Å². The fourth-order valence-electron chi connectivity index (χ4n) is 2.22. The zero-order valence-electron chi connectivity index (χ0n) is 11.8. The van der Waals surface area contributed by atoms with E-state index in [4.69, 9.17) is 14.2 Å². The van der Waals surface area contributed by atoms with E-state index >= 15 is 0 Å².